The third-order valence-corrected chi connectivity index (χ3v) is 4.20. The van der Waals surface area contributed by atoms with Crippen LogP contribution >= 0.6 is 15.9 Å². The van der Waals surface area contributed by atoms with Crippen molar-refractivity contribution < 1.29 is 0 Å². The van der Waals surface area contributed by atoms with Crippen LogP contribution < -0.4 is 5.73 Å². The molecule has 0 aromatic heterocycles. The smallest absolute Gasteiger partial charge is 0.0225 e. The number of hydrogen-bond acceptors (Lipinski definition) is 1. The van der Waals surface area contributed by atoms with Crippen LogP contribution in [0.4, 0.5) is 0 Å². The van der Waals surface area contributed by atoms with Crippen molar-refractivity contribution >= 4 is 15.9 Å². The van der Waals surface area contributed by atoms with E-state index in [1.165, 1.54) is 41.3 Å². The van der Waals surface area contributed by atoms with Crippen LogP contribution in [0, 0.1) is 0 Å². The van der Waals surface area contributed by atoms with Gasteiger partial charge in [0.25, 0.3) is 0 Å². The summed E-state index contributed by atoms with van der Waals surface area (Å²) in [6, 6.07) is 6.64. The number of fused-ring (bicyclic) bond motifs is 1. The Morgan fingerprint density at radius 3 is 2.86 bits per heavy atom. The van der Waals surface area contributed by atoms with Gasteiger partial charge in [0.1, 0.15) is 0 Å². The minimum atomic E-state index is 0.145. The average molecular weight is 252 g/mol. The second-order valence-electron chi connectivity index (χ2n) is 4.67. The quantitative estimate of drug-likeness (QED) is 0.817. The Balaban J connectivity index is 2.04. The van der Waals surface area contributed by atoms with Gasteiger partial charge in [-0.3, -0.25) is 0 Å². The molecule has 1 unspecified atom stereocenters. The molecule has 14 heavy (non-hydrogen) atoms. The molecule has 0 amide bonds. The number of benzene rings is 1. The molecule has 74 valence electrons. The highest BCUT2D eigenvalue weighted by Crippen LogP contribution is 2.51. The molecule has 0 bridgehead atoms. The van der Waals surface area contributed by atoms with Gasteiger partial charge in [0.15, 0.2) is 0 Å². The predicted octanol–water partition coefficient (Wildman–Crippen LogP) is 2.97. The van der Waals surface area contributed by atoms with Gasteiger partial charge >= 0.3 is 0 Å². The lowest BCUT2D eigenvalue weighted by atomic mass is 9.92. The topological polar surface area (TPSA) is 26.0 Å². The first-order chi connectivity index (χ1) is 6.69. The molecular formula is C12H14BrN. The van der Waals surface area contributed by atoms with E-state index in [4.69, 9.17) is 5.73 Å². The highest BCUT2D eigenvalue weighted by atomic mass is 79.9. The van der Waals surface area contributed by atoms with Crippen LogP contribution in [0.5, 0.6) is 0 Å². The van der Waals surface area contributed by atoms with Crippen LogP contribution in [0.2, 0.25) is 0 Å². The molecule has 2 N–H and O–H groups in total. The summed E-state index contributed by atoms with van der Waals surface area (Å²) in [5.41, 5.74) is 9.45. The van der Waals surface area contributed by atoms with Crippen molar-refractivity contribution in [3.05, 3.63) is 33.8 Å². The van der Waals surface area contributed by atoms with E-state index in [0.717, 1.165) is 0 Å². The predicted molar refractivity (Wildman–Crippen MR) is 61.4 cm³/mol. The molecular weight excluding hydrogens is 238 g/mol. The van der Waals surface area contributed by atoms with Gasteiger partial charge in [-0.15, -0.1) is 0 Å². The fourth-order valence-electron chi connectivity index (χ4n) is 2.66. The van der Waals surface area contributed by atoms with Gasteiger partial charge in [0, 0.05) is 15.9 Å². The third kappa shape index (κ3) is 1.24. The molecule has 1 saturated carbocycles. The molecule has 0 heterocycles. The van der Waals surface area contributed by atoms with Gasteiger partial charge in [-0.05, 0) is 48.9 Å². The van der Waals surface area contributed by atoms with Gasteiger partial charge in [-0.1, -0.05) is 22.0 Å². The Labute approximate surface area is 92.8 Å². The number of hydrogen-bond donors (Lipinski definition) is 1. The molecule has 2 heteroatoms. The summed E-state index contributed by atoms with van der Waals surface area (Å²) in [5, 5.41) is 0. The van der Waals surface area contributed by atoms with E-state index in [1.807, 2.05) is 0 Å². The Hall–Kier alpha value is -0.340. The number of nitrogens with two attached hydrogens (primary N) is 1. The van der Waals surface area contributed by atoms with Gasteiger partial charge in [0.05, 0.1) is 0 Å². The zero-order valence-electron chi connectivity index (χ0n) is 8.09. The minimum Gasteiger partial charge on any atom is -0.325 e. The van der Waals surface area contributed by atoms with E-state index in [-0.39, 0.29) is 5.54 Å². The molecule has 0 saturated heterocycles. The SMILES string of the molecule is NC1(C2CCc3ccc(Br)cc32)CC1. The Morgan fingerprint density at radius 2 is 2.14 bits per heavy atom. The Morgan fingerprint density at radius 1 is 1.36 bits per heavy atom. The summed E-state index contributed by atoms with van der Waals surface area (Å²) in [6.07, 6.45) is 4.89. The van der Waals surface area contributed by atoms with Crippen molar-refractivity contribution in [1.82, 2.24) is 0 Å². The van der Waals surface area contributed by atoms with E-state index in [9.17, 15) is 0 Å². The van der Waals surface area contributed by atoms with Crippen molar-refractivity contribution in [1.29, 1.82) is 0 Å². The monoisotopic (exact) mass is 251 g/mol. The summed E-state index contributed by atoms with van der Waals surface area (Å²) in [6.45, 7) is 0. The molecule has 0 spiro atoms. The van der Waals surface area contributed by atoms with E-state index in [0.29, 0.717) is 5.92 Å². The summed E-state index contributed by atoms with van der Waals surface area (Å²) < 4.78 is 1.19. The van der Waals surface area contributed by atoms with Crippen LogP contribution in [0.1, 0.15) is 36.3 Å². The van der Waals surface area contributed by atoms with Gasteiger partial charge in [-0.2, -0.15) is 0 Å². The van der Waals surface area contributed by atoms with Gasteiger partial charge in [0.2, 0.25) is 0 Å². The highest BCUT2D eigenvalue weighted by molar-refractivity contribution is 9.10. The number of rotatable bonds is 1. The maximum atomic E-state index is 6.30. The number of halogens is 1. The first-order valence-electron chi connectivity index (χ1n) is 5.26. The van der Waals surface area contributed by atoms with Crippen LogP contribution in [0.15, 0.2) is 22.7 Å². The fraction of sp³-hybridized carbons (Fsp3) is 0.500. The van der Waals surface area contributed by atoms with Crippen LogP contribution in [-0.2, 0) is 6.42 Å². The lowest BCUT2D eigenvalue weighted by Gasteiger charge is -2.19. The summed E-state index contributed by atoms with van der Waals surface area (Å²) in [4.78, 5) is 0. The van der Waals surface area contributed by atoms with Crippen molar-refractivity contribution in [3.63, 3.8) is 0 Å². The molecule has 0 radical (unpaired) electrons. The van der Waals surface area contributed by atoms with E-state index < -0.39 is 0 Å². The van der Waals surface area contributed by atoms with Crippen LogP contribution in [0.25, 0.3) is 0 Å². The van der Waals surface area contributed by atoms with Crippen molar-refractivity contribution in [2.75, 3.05) is 0 Å². The largest absolute Gasteiger partial charge is 0.325 e. The molecule has 0 aliphatic heterocycles. The first kappa shape index (κ1) is 8.93. The standard InChI is InChI=1S/C12H14BrN/c13-9-3-1-8-2-4-11(10(8)7-9)12(14)5-6-12/h1,3,7,11H,2,4-6,14H2. The van der Waals surface area contributed by atoms with E-state index in [1.54, 1.807) is 0 Å². The van der Waals surface area contributed by atoms with Gasteiger partial charge < -0.3 is 5.73 Å². The fourth-order valence-corrected chi connectivity index (χ4v) is 3.04. The first-order valence-corrected chi connectivity index (χ1v) is 6.05. The average Bonchev–Trinajstić information content (AvgIpc) is 2.77. The highest BCUT2D eigenvalue weighted by Gasteiger charge is 2.48. The lowest BCUT2D eigenvalue weighted by molar-refractivity contribution is 0.516. The Bertz CT molecular complexity index is 382. The molecule has 1 aromatic carbocycles. The second kappa shape index (κ2) is 2.83. The summed E-state index contributed by atoms with van der Waals surface area (Å²) in [5.74, 6) is 0.620. The second-order valence-corrected chi connectivity index (χ2v) is 5.58. The van der Waals surface area contributed by atoms with Crippen molar-refractivity contribution in [3.8, 4) is 0 Å². The maximum Gasteiger partial charge on any atom is 0.0225 e. The zero-order valence-corrected chi connectivity index (χ0v) is 9.68. The molecule has 2 aliphatic carbocycles. The third-order valence-electron chi connectivity index (χ3n) is 3.71. The zero-order chi connectivity index (χ0) is 9.76. The van der Waals surface area contributed by atoms with E-state index >= 15 is 0 Å². The molecule has 1 atom stereocenters. The normalized spacial score (nSPS) is 27.4. The molecule has 1 aromatic rings. The molecule has 1 nitrogen and oxygen atoms in total. The summed E-state index contributed by atoms with van der Waals surface area (Å²) in [7, 11) is 0. The number of aryl methyl sites for hydroxylation is 1. The lowest BCUT2D eigenvalue weighted by Crippen LogP contribution is -2.29. The van der Waals surface area contributed by atoms with Crippen molar-refractivity contribution in [2.45, 2.75) is 37.1 Å². The molecule has 2 aliphatic rings. The Kier molecular flexibility index (Phi) is 1.80. The van der Waals surface area contributed by atoms with Crippen molar-refractivity contribution in [2.24, 2.45) is 5.73 Å². The van der Waals surface area contributed by atoms with Gasteiger partial charge in [-0.25, -0.2) is 0 Å². The van der Waals surface area contributed by atoms with Crippen LogP contribution in [0.3, 0.4) is 0 Å². The molecule has 3 rings (SSSR count). The minimum absolute atomic E-state index is 0.145. The summed E-state index contributed by atoms with van der Waals surface area (Å²) >= 11 is 3.54. The van der Waals surface area contributed by atoms with E-state index in [2.05, 4.69) is 34.1 Å². The van der Waals surface area contributed by atoms with Crippen LogP contribution in [-0.4, -0.2) is 5.54 Å². The maximum absolute atomic E-state index is 6.30. The molecule has 1 fully saturated rings.